The zero-order chi connectivity index (χ0) is 9.84. The molecule has 0 unspecified atom stereocenters. The maximum Gasteiger partial charge on any atom is 0.243 e. The van der Waals surface area contributed by atoms with Crippen molar-refractivity contribution in [3.05, 3.63) is 0 Å². The van der Waals surface area contributed by atoms with Crippen molar-refractivity contribution in [2.24, 2.45) is 11.7 Å². The van der Waals surface area contributed by atoms with Gasteiger partial charge in [-0.25, -0.2) is 8.78 Å². The third-order valence-electron chi connectivity index (χ3n) is 2.29. The molecule has 0 bridgehead atoms. The maximum absolute atomic E-state index is 12.2. The quantitative estimate of drug-likeness (QED) is 0.705. The van der Waals surface area contributed by atoms with Crippen LogP contribution in [0.2, 0.25) is 0 Å². The smallest absolute Gasteiger partial charge is 0.243 e. The minimum absolute atomic E-state index is 0.106. The molecule has 0 spiro atoms. The fraction of sp³-hybridized carbons (Fsp3) is 0.875. The lowest BCUT2D eigenvalue weighted by Crippen LogP contribution is -2.31. The van der Waals surface area contributed by atoms with E-state index in [1.54, 1.807) is 0 Å². The van der Waals surface area contributed by atoms with Crippen molar-refractivity contribution in [3.63, 3.8) is 0 Å². The highest BCUT2D eigenvalue weighted by Crippen LogP contribution is 2.22. The van der Waals surface area contributed by atoms with Crippen molar-refractivity contribution in [2.75, 3.05) is 19.6 Å². The number of alkyl halides is 2. The molecule has 76 valence electrons. The molecule has 1 fully saturated rings. The van der Waals surface area contributed by atoms with Crippen LogP contribution in [-0.4, -0.2) is 36.9 Å². The summed E-state index contributed by atoms with van der Waals surface area (Å²) in [5, 5.41) is 0. The van der Waals surface area contributed by atoms with E-state index < -0.39 is 12.3 Å². The van der Waals surface area contributed by atoms with Gasteiger partial charge in [0.25, 0.3) is 0 Å². The number of amides is 1. The summed E-state index contributed by atoms with van der Waals surface area (Å²) in [4.78, 5) is 12.7. The van der Waals surface area contributed by atoms with Crippen molar-refractivity contribution in [1.82, 2.24) is 4.90 Å². The first-order valence-corrected chi connectivity index (χ1v) is 4.41. The van der Waals surface area contributed by atoms with Crippen LogP contribution in [0.4, 0.5) is 8.78 Å². The molecule has 0 aromatic carbocycles. The lowest BCUT2D eigenvalue weighted by atomic mass is 10.1. The number of carbonyl (C=O) groups is 1. The molecule has 1 amide bonds. The topological polar surface area (TPSA) is 46.3 Å². The predicted octanol–water partition coefficient (Wildman–Crippen LogP) is 0.449. The monoisotopic (exact) mass is 192 g/mol. The predicted molar refractivity (Wildman–Crippen MR) is 44.4 cm³/mol. The summed E-state index contributed by atoms with van der Waals surface area (Å²) >= 11 is 0. The summed E-state index contributed by atoms with van der Waals surface area (Å²) in [6, 6.07) is 0. The van der Waals surface area contributed by atoms with E-state index in [0.29, 0.717) is 13.0 Å². The van der Waals surface area contributed by atoms with Crippen LogP contribution in [0, 0.1) is 5.92 Å². The van der Waals surface area contributed by atoms with Gasteiger partial charge in [0.15, 0.2) is 0 Å². The number of likely N-dealkylation sites (tertiary alicyclic amines) is 1. The number of rotatable bonds is 3. The molecule has 0 aromatic heterocycles. The van der Waals surface area contributed by atoms with Crippen LogP contribution in [0.1, 0.15) is 12.8 Å². The number of carbonyl (C=O) groups excluding carboxylic acids is 1. The first kappa shape index (κ1) is 10.4. The van der Waals surface area contributed by atoms with Crippen molar-refractivity contribution >= 4 is 5.91 Å². The van der Waals surface area contributed by atoms with Crippen molar-refractivity contribution in [1.29, 1.82) is 0 Å². The van der Waals surface area contributed by atoms with E-state index in [9.17, 15) is 13.6 Å². The van der Waals surface area contributed by atoms with Crippen LogP contribution < -0.4 is 5.73 Å². The number of nitrogens with two attached hydrogens (primary N) is 1. The number of hydrogen-bond donors (Lipinski definition) is 1. The normalized spacial score (nSPS) is 22.8. The molecule has 5 heteroatoms. The van der Waals surface area contributed by atoms with Crippen LogP contribution in [0.3, 0.4) is 0 Å². The molecule has 0 aliphatic carbocycles. The Bertz CT molecular complexity index is 187. The van der Waals surface area contributed by atoms with E-state index >= 15 is 0 Å². The molecule has 1 rings (SSSR count). The minimum Gasteiger partial charge on any atom is -0.342 e. The fourth-order valence-electron chi connectivity index (χ4n) is 1.50. The molecule has 0 aromatic rings. The van der Waals surface area contributed by atoms with E-state index in [1.807, 2.05) is 0 Å². The minimum atomic E-state index is -2.31. The first-order valence-electron chi connectivity index (χ1n) is 4.41. The summed E-state index contributed by atoms with van der Waals surface area (Å²) in [5.74, 6) is -0.743. The second-order valence-electron chi connectivity index (χ2n) is 3.26. The van der Waals surface area contributed by atoms with Gasteiger partial charge in [-0.3, -0.25) is 4.79 Å². The Kier molecular flexibility index (Phi) is 3.59. The highest BCUT2D eigenvalue weighted by atomic mass is 19.3. The molecule has 2 N–H and O–H groups in total. The Hall–Kier alpha value is -0.710. The van der Waals surface area contributed by atoms with Gasteiger partial charge in [-0.1, -0.05) is 0 Å². The molecule has 13 heavy (non-hydrogen) atoms. The Balaban J connectivity index is 2.36. The van der Waals surface area contributed by atoms with E-state index in [1.165, 1.54) is 4.90 Å². The van der Waals surface area contributed by atoms with Crippen molar-refractivity contribution in [3.8, 4) is 0 Å². The number of halogens is 2. The standard InChI is InChI=1S/C8H14F2N2O/c9-8(10)6-2-4-12(5-6)7(13)1-3-11/h6,8H,1-5,11H2/t6-/m1/s1. The average Bonchev–Trinajstić information content (AvgIpc) is 2.52. The Morgan fingerprint density at radius 1 is 1.62 bits per heavy atom. The molecule has 1 atom stereocenters. The van der Waals surface area contributed by atoms with Crippen molar-refractivity contribution in [2.45, 2.75) is 19.3 Å². The van der Waals surface area contributed by atoms with E-state index in [-0.39, 0.29) is 25.4 Å². The Labute approximate surface area is 75.9 Å². The highest BCUT2D eigenvalue weighted by molar-refractivity contribution is 5.76. The van der Waals surface area contributed by atoms with E-state index in [4.69, 9.17) is 5.73 Å². The van der Waals surface area contributed by atoms with Gasteiger partial charge in [-0.2, -0.15) is 0 Å². The summed E-state index contributed by atoms with van der Waals surface area (Å²) < 4.78 is 24.4. The number of hydrogen-bond acceptors (Lipinski definition) is 2. The molecular weight excluding hydrogens is 178 g/mol. The zero-order valence-electron chi connectivity index (χ0n) is 7.38. The average molecular weight is 192 g/mol. The summed E-state index contributed by atoms with van der Waals surface area (Å²) in [5.41, 5.74) is 5.20. The van der Waals surface area contributed by atoms with Gasteiger partial charge in [-0.15, -0.1) is 0 Å². The van der Waals surface area contributed by atoms with Crippen LogP contribution in [0.25, 0.3) is 0 Å². The van der Waals surface area contributed by atoms with Gasteiger partial charge in [0, 0.05) is 32.0 Å². The van der Waals surface area contributed by atoms with Gasteiger partial charge in [-0.05, 0) is 6.42 Å². The summed E-state index contributed by atoms with van der Waals surface area (Å²) in [6.07, 6.45) is -1.64. The summed E-state index contributed by atoms with van der Waals surface area (Å²) in [7, 11) is 0. The van der Waals surface area contributed by atoms with Crippen LogP contribution in [-0.2, 0) is 4.79 Å². The van der Waals surface area contributed by atoms with E-state index in [2.05, 4.69) is 0 Å². The molecule has 0 saturated carbocycles. The third kappa shape index (κ3) is 2.62. The first-order chi connectivity index (χ1) is 6.15. The molecule has 1 saturated heterocycles. The Morgan fingerprint density at radius 2 is 2.31 bits per heavy atom. The summed E-state index contributed by atoms with van der Waals surface area (Å²) in [6.45, 7) is 0.930. The lowest BCUT2D eigenvalue weighted by Gasteiger charge is -2.15. The second kappa shape index (κ2) is 4.50. The SMILES string of the molecule is NCCC(=O)N1CC[C@@H](C(F)F)C1. The van der Waals surface area contributed by atoms with Gasteiger partial charge in [0.1, 0.15) is 0 Å². The molecule has 3 nitrogen and oxygen atoms in total. The van der Waals surface area contributed by atoms with Crippen molar-refractivity contribution < 1.29 is 13.6 Å². The molecule has 1 aliphatic rings. The highest BCUT2D eigenvalue weighted by Gasteiger charge is 2.31. The zero-order valence-corrected chi connectivity index (χ0v) is 7.38. The molecule has 1 heterocycles. The maximum atomic E-state index is 12.2. The second-order valence-corrected chi connectivity index (χ2v) is 3.26. The number of nitrogens with zero attached hydrogens (tertiary/aromatic N) is 1. The van der Waals surface area contributed by atoms with E-state index in [0.717, 1.165) is 0 Å². The van der Waals surface area contributed by atoms with Crippen LogP contribution in [0.15, 0.2) is 0 Å². The molecule has 0 radical (unpaired) electrons. The van der Waals surface area contributed by atoms with Gasteiger partial charge >= 0.3 is 0 Å². The fourth-order valence-corrected chi connectivity index (χ4v) is 1.50. The van der Waals surface area contributed by atoms with Gasteiger partial charge in [0.2, 0.25) is 12.3 Å². The lowest BCUT2D eigenvalue weighted by molar-refractivity contribution is -0.130. The third-order valence-corrected chi connectivity index (χ3v) is 2.29. The van der Waals surface area contributed by atoms with Crippen LogP contribution in [0.5, 0.6) is 0 Å². The van der Waals surface area contributed by atoms with Crippen LogP contribution >= 0.6 is 0 Å². The molecular formula is C8H14F2N2O. The van der Waals surface area contributed by atoms with Gasteiger partial charge < -0.3 is 10.6 Å². The molecule has 1 aliphatic heterocycles. The Morgan fingerprint density at radius 3 is 2.77 bits per heavy atom. The largest absolute Gasteiger partial charge is 0.342 e. The van der Waals surface area contributed by atoms with Gasteiger partial charge in [0.05, 0.1) is 0 Å².